The van der Waals surface area contributed by atoms with Crippen molar-refractivity contribution in [3.8, 4) is 5.75 Å². The second kappa shape index (κ2) is 5.13. The minimum atomic E-state index is 0.816. The molecular weight excluding hydrogens is 258 g/mol. The second-order valence-corrected chi connectivity index (χ2v) is 5.46. The largest absolute Gasteiger partial charge is 0.493 e. The van der Waals surface area contributed by atoms with Crippen molar-refractivity contribution in [2.24, 2.45) is 0 Å². The Bertz CT molecular complexity index is 794. The zero-order valence-electron chi connectivity index (χ0n) is 11.8. The number of ether oxygens (including phenoxy) is 1. The van der Waals surface area contributed by atoms with Crippen molar-refractivity contribution in [2.75, 3.05) is 11.9 Å². The first-order valence-electron chi connectivity index (χ1n) is 7.36. The SMILES string of the molecule is c1ccc2cc(NCc3ccc4c(c3)CCO4)ccc2c1. The van der Waals surface area contributed by atoms with E-state index in [4.69, 9.17) is 4.74 Å². The van der Waals surface area contributed by atoms with Gasteiger partial charge in [-0.05, 0) is 40.1 Å². The third kappa shape index (κ3) is 2.45. The smallest absolute Gasteiger partial charge is 0.122 e. The Kier molecular flexibility index (Phi) is 3.00. The molecule has 1 N–H and O–H groups in total. The van der Waals surface area contributed by atoms with Crippen LogP contribution in [0.1, 0.15) is 11.1 Å². The molecule has 1 heterocycles. The van der Waals surface area contributed by atoms with Gasteiger partial charge in [-0.15, -0.1) is 0 Å². The molecule has 3 aromatic carbocycles. The molecule has 21 heavy (non-hydrogen) atoms. The van der Waals surface area contributed by atoms with Crippen molar-refractivity contribution in [3.63, 3.8) is 0 Å². The van der Waals surface area contributed by atoms with Crippen LogP contribution >= 0.6 is 0 Å². The fourth-order valence-electron chi connectivity index (χ4n) is 2.85. The van der Waals surface area contributed by atoms with Crippen LogP contribution in [0.2, 0.25) is 0 Å². The molecule has 0 atom stereocenters. The summed E-state index contributed by atoms with van der Waals surface area (Å²) in [5, 5.41) is 6.05. The third-order valence-corrected chi connectivity index (χ3v) is 4.00. The van der Waals surface area contributed by atoms with Crippen molar-refractivity contribution >= 4 is 16.5 Å². The van der Waals surface area contributed by atoms with Crippen molar-refractivity contribution in [1.29, 1.82) is 0 Å². The summed E-state index contributed by atoms with van der Waals surface area (Å²) < 4.78 is 5.54. The molecule has 0 aromatic heterocycles. The average molecular weight is 275 g/mol. The molecule has 0 amide bonds. The van der Waals surface area contributed by atoms with Gasteiger partial charge in [0.2, 0.25) is 0 Å². The third-order valence-electron chi connectivity index (χ3n) is 4.00. The first kappa shape index (κ1) is 12.3. The summed E-state index contributed by atoms with van der Waals surface area (Å²) in [6.07, 6.45) is 1.03. The minimum Gasteiger partial charge on any atom is -0.493 e. The molecule has 2 heteroatoms. The van der Waals surface area contributed by atoms with Crippen LogP contribution < -0.4 is 10.1 Å². The summed E-state index contributed by atoms with van der Waals surface area (Å²) in [5.74, 6) is 1.05. The van der Waals surface area contributed by atoms with Gasteiger partial charge in [0, 0.05) is 18.7 Å². The number of fused-ring (bicyclic) bond motifs is 2. The van der Waals surface area contributed by atoms with E-state index in [2.05, 4.69) is 66.0 Å². The van der Waals surface area contributed by atoms with E-state index in [1.165, 1.54) is 21.9 Å². The lowest BCUT2D eigenvalue weighted by atomic mass is 10.1. The molecule has 0 spiro atoms. The van der Waals surface area contributed by atoms with Crippen LogP contribution in [0.5, 0.6) is 5.75 Å². The molecule has 0 unspecified atom stereocenters. The summed E-state index contributed by atoms with van der Waals surface area (Å²) in [4.78, 5) is 0. The van der Waals surface area contributed by atoms with Gasteiger partial charge in [-0.1, -0.05) is 42.5 Å². The van der Waals surface area contributed by atoms with E-state index in [-0.39, 0.29) is 0 Å². The number of benzene rings is 3. The fraction of sp³-hybridized carbons (Fsp3) is 0.158. The highest BCUT2D eigenvalue weighted by molar-refractivity contribution is 5.85. The molecule has 2 nitrogen and oxygen atoms in total. The van der Waals surface area contributed by atoms with E-state index in [0.717, 1.165) is 31.0 Å². The van der Waals surface area contributed by atoms with Crippen LogP contribution in [0.15, 0.2) is 60.7 Å². The van der Waals surface area contributed by atoms with Gasteiger partial charge in [-0.25, -0.2) is 0 Å². The predicted octanol–water partition coefficient (Wildman–Crippen LogP) is 4.39. The quantitative estimate of drug-likeness (QED) is 0.765. The summed E-state index contributed by atoms with van der Waals surface area (Å²) in [5.41, 5.74) is 3.78. The number of anilines is 1. The van der Waals surface area contributed by atoms with Gasteiger partial charge in [0.25, 0.3) is 0 Å². The van der Waals surface area contributed by atoms with Gasteiger partial charge >= 0.3 is 0 Å². The summed E-state index contributed by atoms with van der Waals surface area (Å²) in [6.45, 7) is 1.66. The first-order chi connectivity index (χ1) is 10.4. The summed E-state index contributed by atoms with van der Waals surface area (Å²) >= 11 is 0. The topological polar surface area (TPSA) is 21.3 Å². The molecule has 1 aliphatic rings. The second-order valence-electron chi connectivity index (χ2n) is 5.46. The lowest BCUT2D eigenvalue weighted by Crippen LogP contribution is -1.99. The molecule has 3 aromatic rings. The molecule has 0 saturated heterocycles. The molecule has 0 aliphatic carbocycles. The maximum Gasteiger partial charge on any atom is 0.122 e. The van der Waals surface area contributed by atoms with Gasteiger partial charge in [-0.3, -0.25) is 0 Å². The summed E-state index contributed by atoms with van der Waals surface area (Å²) in [7, 11) is 0. The molecule has 0 bridgehead atoms. The molecule has 0 saturated carbocycles. The van der Waals surface area contributed by atoms with E-state index in [0.29, 0.717) is 0 Å². The standard InChI is InChI=1S/C19H17NO/c1-2-4-16-12-18(7-6-15(16)3-1)20-13-14-5-8-19-17(11-14)9-10-21-19/h1-8,11-12,20H,9-10,13H2. The van der Waals surface area contributed by atoms with Crippen LogP contribution in [0.4, 0.5) is 5.69 Å². The maximum atomic E-state index is 5.54. The Labute approximate surface area is 124 Å². The van der Waals surface area contributed by atoms with Crippen LogP contribution in [-0.2, 0) is 13.0 Å². The van der Waals surface area contributed by atoms with Crippen molar-refractivity contribution in [3.05, 3.63) is 71.8 Å². The monoisotopic (exact) mass is 275 g/mol. The van der Waals surface area contributed by atoms with E-state index in [1.807, 2.05) is 0 Å². The zero-order chi connectivity index (χ0) is 14.1. The van der Waals surface area contributed by atoms with Crippen LogP contribution in [0.25, 0.3) is 10.8 Å². The van der Waals surface area contributed by atoms with Crippen molar-refractivity contribution in [1.82, 2.24) is 0 Å². The Hall–Kier alpha value is -2.48. The highest BCUT2D eigenvalue weighted by Crippen LogP contribution is 2.26. The highest BCUT2D eigenvalue weighted by atomic mass is 16.5. The highest BCUT2D eigenvalue weighted by Gasteiger charge is 2.11. The number of rotatable bonds is 3. The normalized spacial score (nSPS) is 13.0. The Morgan fingerprint density at radius 2 is 1.81 bits per heavy atom. The molecule has 4 rings (SSSR count). The molecular formula is C19H17NO. The lowest BCUT2D eigenvalue weighted by molar-refractivity contribution is 0.357. The molecule has 104 valence electrons. The number of hydrogen-bond donors (Lipinski definition) is 1. The van der Waals surface area contributed by atoms with Gasteiger partial charge in [0.1, 0.15) is 5.75 Å². The number of hydrogen-bond acceptors (Lipinski definition) is 2. The first-order valence-corrected chi connectivity index (χ1v) is 7.36. The van der Waals surface area contributed by atoms with E-state index in [1.54, 1.807) is 0 Å². The van der Waals surface area contributed by atoms with Crippen molar-refractivity contribution < 1.29 is 4.74 Å². The van der Waals surface area contributed by atoms with E-state index >= 15 is 0 Å². The van der Waals surface area contributed by atoms with E-state index in [9.17, 15) is 0 Å². The van der Waals surface area contributed by atoms with Crippen molar-refractivity contribution in [2.45, 2.75) is 13.0 Å². The zero-order valence-corrected chi connectivity index (χ0v) is 11.8. The average Bonchev–Trinajstić information content (AvgIpc) is 3.00. The minimum absolute atomic E-state index is 0.816. The maximum absolute atomic E-state index is 5.54. The predicted molar refractivity (Wildman–Crippen MR) is 86.9 cm³/mol. The van der Waals surface area contributed by atoms with Crippen LogP contribution in [0.3, 0.4) is 0 Å². The lowest BCUT2D eigenvalue weighted by Gasteiger charge is -2.09. The van der Waals surface area contributed by atoms with Crippen LogP contribution in [0, 0.1) is 0 Å². The Morgan fingerprint density at radius 3 is 2.76 bits per heavy atom. The summed E-state index contributed by atoms with van der Waals surface area (Å²) in [6, 6.07) is 21.4. The fourth-order valence-corrected chi connectivity index (χ4v) is 2.85. The number of nitrogens with one attached hydrogen (secondary N) is 1. The Balaban J connectivity index is 1.52. The van der Waals surface area contributed by atoms with Gasteiger partial charge in [0.05, 0.1) is 6.61 Å². The molecule has 0 radical (unpaired) electrons. The molecule has 0 fully saturated rings. The van der Waals surface area contributed by atoms with E-state index < -0.39 is 0 Å². The molecule has 1 aliphatic heterocycles. The van der Waals surface area contributed by atoms with Gasteiger partial charge < -0.3 is 10.1 Å². The Morgan fingerprint density at radius 1 is 0.905 bits per heavy atom. The van der Waals surface area contributed by atoms with Gasteiger partial charge in [-0.2, -0.15) is 0 Å². The van der Waals surface area contributed by atoms with Gasteiger partial charge in [0.15, 0.2) is 0 Å². The van der Waals surface area contributed by atoms with Crippen LogP contribution in [-0.4, -0.2) is 6.61 Å².